The van der Waals surface area contributed by atoms with Crippen molar-refractivity contribution in [2.24, 2.45) is 0 Å². The van der Waals surface area contributed by atoms with Crippen molar-refractivity contribution in [3.05, 3.63) is 78.3 Å². The molecule has 0 aliphatic carbocycles. The minimum atomic E-state index is -0.0418. The summed E-state index contributed by atoms with van der Waals surface area (Å²) in [7, 11) is 0. The highest BCUT2D eigenvalue weighted by molar-refractivity contribution is 5.91. The molecule has 32 heavy (non-hydrogen) atoms. The van der Waals surface area contributed by atoms with Gasteiger partial charge in [-0.1, -0.05) is 48.9 Å². The molecule has 0 radical (unpaired) electrons. The first-order valence-electron chi connectivity index (χ1n) is 11.2. The third-order valence-electron chi connectivity index (χ3n) is 5.83. The van der Waals surface area contributed by atoms with E-state index in [4.69, 9.17) is 4.42 Å². The van der Waals surface area contributed by atoms with E-state index in [1.165, 1.54) is 6.42 Å². The average molecular weight is 427 g/mol. The zero-order valence-electron chi connectivity index (χ0n) is 18.0. The summed E-state index contributed by atoms with van der Waals surface area (Å²) >= 11 is 0. The Kier molecular flexibility index (Phi) is 5.83. The molecule has 6 nitrogen and oxygen atoms in total. The van der Waals surface area contributed by atoms with Gasteiger partial charge in [0.05, 0.1) is 0 Å². The van der Waals surface area contributed by atoms with Crippen LogP contribution in [0.15, 0.2) is 71.1 Å². The Morgan fingerprint density at radius 1 is 0.938 bits per heavy atom. The summed E-state index contributed by atoms with van der Waals surface area (Å²) in [6, 6.07) is 21.7. The van der Waals surface area contributed by atoms with Gasteiger partial charge in [-0.2, -0.15) is 0 Å². The van der Waals surface area contributed by atoms with E-state index in [0.717, 1.165) is 65.8 Å². The van der Waals surface area contributed by atoms with Crippen LogP contribution < -0.4 is 5.32 Å². The topological polar surface area (TPSA) is 73.0 Å². The second kappa shape index (κ2) is 9.22. The number of aryl methyl sites for hydroxylation is 2. The summed E-state index contributed by atoms with van der Waals surface area (Å²) in [5.74, 6) is 3.52. The van der Waals surface area contributed by atoms with Gasteiger partial charge in [-0.25, -0.2) is 0 Å². The smallest absolute Gasteiger partial charge is 0.224 e. The molecule has 0 saturated carbocycles. The predicted octanol–water partition coefficient (Wildman–Crippen LogP) is 5.50. The molecule has 2 aromatic heterocycles. The Balaban J connectivity index is 1.22. The molecule has 0 atom stereocenters. The van der Waals surface area contributed by atoms with Crippen LogP contribution in [0.2, 0.25) is 0 Å². The molecule has 5 rings (SSSR count). The fourth-order valence-corrected chi connectivity index (χ4v) is 4.16. The lowest BCUT2D eigenvalue weighted by Gasteiger charge is -2.09. The van der Waals surface area contributed by atoms with E-state index in [9.17, 15) is 4.79 Å². The average Bonchev–Trinajstić information content (AvgIpc) is 3.40. The molecule has 0 fully saturated rings. The summed E-state index contributed by atoms with van der Waals surface area (Å²) in [4.78, 5) is 12.6. The highest BCUT2D eigenvalue weighted by Crippen LogP contribution is 2.25. The van der Waals surface area contributed by atoms with Crippen LogP contribution >= 0.6 is 0 Å². The number of carbonyl (C=O) groups excluding carboxylic acids is 1. The molecular formula is C26H26N4O2. The zero-order chi connectivity index (χ0) is 21.8. The minimum Gasteiger partial charge on any atom is -0.461 e. The third-order valence-corrected chi connectivity index (χ3v) is 5.83. The number of benzene rings is 2. The second-order valence-electron chi connectivity index (χ2n) is 8.16. The van der Waals surface area contributed by atoms with Gasteiger partial charge < -0.3 is 14.3 Å². The summed E-state index contributed by atoms with van der Waals surface area (Å²) in [6.07, 6.45) is 5.41. The lowest BCUT2D eigenvalue weighted by atomic mass is 10.1. The van der Waals surface area contributed by atoms with E-state index in [1.807, 2.05) is 66.7 Å². The first-order chi connectivity index (χ1) is 15.8. The Bertz CT molecular complexity index is 1210. The van der Waals surface area contributed by atoms with Crippen molar-refractivity contribution in [2.75, 3.05) is 5.32 Å². The molecule has 1 aliphatic heterocycles. The van der Waals surface area contributed by atoms with Crippen LogP contribution in [0.25, 0.3) is 22.7 Å². The second-order valence-corrected chi connectivity index (χ2v) is 8.16. The molecule has 162 valence electrons. The number of amides is 1. The van der Waals surface area contributed by atoms with Crippen molar-refractivity contribution in [3.8, 4) is 22.7 Å². The number of hydrogen-bond donors (Lipinski definition) is 1. The maximum Gasteiger partial charge on any atom is 0.224 e. The van der Waals surface area contributed by atoms with Gasteiger partial charge in [0.15, 0.2) is 5.82 Å². The summed E-state index contributed by atoms with van der Waals surface area (Å²) in [5.41, 5.74) is 2.77. The van der Waals surface area contributed by atoms with Crippen LogP contribution in [0.5, 0.6) is 0 Å². The van der Waals surface area contributed by atoms with Crippen LogP contribution in [0.1, 0.15) is 37.3 Å². The molecule has 0 saturated heterocycles. The van der Waals surface area contributed by atoms with E-state index >= 15 is 0 Å². The number of rotatable bonds is 6. The van der Waals surface area contributed by atoms with Gasteiger partial charge in [0.25, 0.3) is 0 Å². The van der Waals surface area contributed by atoms with Crippen LogP contribution in [0.3, 0.4) is 0 Å². The molecule has 0 bridgehead atoms. The number of carbonyl (C=O) groups is 1. The van der Waals surface area contributed by atoms with E-state index in [1.54, 1.807) is 0 Å². The predicted molar refractivity (Wildman–Crippen MR) is 124 cm³/mol. The van der Waals surface area contributed by atoms with E-state index in [2.05, 4.69) is 20.1 Å². The highest BCUT2D eigenvalue weighted by Gasteiger charge is 2.16. The van der Waals surface area contributed by atoms with Gasteiger partial charge >= 0.3 is 0 Å². The lowest BCUT2D eigenvalue weighted by molar-refractivity contribution is -0.116. The molecule has 1 N–H and O–H groups in total. The molecular weight excluding hydrogens is 400 g/mol. The van der Waals surface area contributed by atoms with Crippen LogP contribution in [0, 0.1) is 0 Å². The Morgan fingerprint density at radius 3 is 2.72 bits per heavy atom. The fraction of sp³-hybridized carbons (Fsp3) is 0.269. The van der Waals surface area contributed by atoms with Crippen molar-refractivity contribution in [1.29, 1.82) is 0 Å². The van der Waals surface area contributed by atoms with Crippen LogP contribution in [-0.4, -0.2) is 20.7 Å². The van der Waals surface area contributed by atoms with E-state index in [-0.39, 0.29) is 5.91 Å². The van der Waals surface area contributed by atoms with Gasteiger partial charge in [0.2, 0.25) is 5.91 Å². The monoisotopic (exact) mass is 426 g/mol. The summed E-state index contributed by atoms with van der Waals surface area (Å²) in [6.45, 7) is 0.947. The third kappa shape index (κ3) is 4.49. The molecule has 3 heterocycles. The molecule has 0 spiro atoms. The zero-order valence-corrected chi connectivity index (χ0v) is 18.0. The highest BCUT2D eigenvalue weighted by atomic mass is 16.3. The molecule has 2 aromatic carbocycles. The molecule has 4 aromatic rings. The van der Waals surface area contributed by atoms with Crippen LogP contribution in [0.4, 0.5) is 5.69 Å². The van der Waals surface area contributed by atoms with Crippen molar-refractivity contribution in [1.82, 2.24) is 14.8 Å². The molecule has 1 amide bonds. The lowest BCUT2D eigenvalue weighted by Crippen LogP contribution is -2.12. The molecule has 6 heteroatoms. The van der Waals surface area contributed by atoms with Crippen molar-refractivity contribution >= 4 is 11.6 Å². The van der Waals surface area contributed by atoms with E-state index in [0.29, 0.717) is 12.8 Å². The van der Waals surface area contributed by atoms with Gasteiger partial charge in [-0.05, 0) is 37.1 Å². The van der Waals surface area contributed by atoms with Gasteiger partial charge in [-0.15, -0.1) is 10.2 Å². The Morgan fingerprint density at radius 2 is 1.81 bits per heavy atom. The van der Waals surface area contributed by atoms with Crippen molar-refractivity contribution in [2.45, 2.75) is 45.1 Å². The normalized spacial score (nSPS) is 13.4. The maximum atomic E-state index is 12.6. The Labute approximate surface area is 187 Å². The first kappa shape index (κ1) is 20.2. The standard InChI is InChI=1S/C26H26N4O2/c31-25(16-14-22-13-15-23(32-22)19-8-3-1-4-9-19)27-21-11-7-10-20(18-21)26-29-28-24-12-5-2-6-17-30(24)26/h1,3-4,7-11,13,15,18H,2,5-6,12,14,16-17H2,(H,27,31). The summed E-state index contributed by atoms with van der Waals surface area (Å²) in [5, 5.41) is 11.8. The number of hydrogen-bond acceptors (Lipinski definition) is 4. The maximum absolute atomic E-state index is 12.6. The largest absolute Gasteiger partial charge is 0.461 e. The van der Waals surface area contributed by atoms with Gasteiger partial charge in [0.1, 0.15) is 17.3 Å². The fourth-order valence-electron chi connectivity index (χ4n) is 4.16. The number of nitrogens with one attached hydrogen (secondary N) is 1. The minimum absolute atomic E-state index is 0.0418. The molecule has 0 unspecified atom stereocenters. The Hall–Kier alpha value is -3.67. The van der Waals surface area contributed by atoms with Crippen LogP contribution in [-0.2, 0) is 24.2 Å². The van der Waals surface area contributed by atoms with Gasteiger partial charge in [-0.3, -0.25) is 4.79 Å². The van der Waals surface area contributed by atoms with Crippen molar-refractivity contribution in [3.63, 3.8) is 0 Å². The number of furan rings is 1. The quantitative estimate of drug-likeness (QED) is 0.442. The first-order valence-corrected chi connectivity index (χ1v) is 11.2. The van der Waals surface area contributed by atoms with Gasteiger partial charge in [0, 0.05) is 42.6 Å². The number of nitrogens with zero attached hydrogens (tertiary/aromatic N) is 3. The van der Waals surface area contributed by atoms with E-state index < -0.39 is 0 Å². The van der Waals surface area contributed by atoms with Crippen molar-refractivity contribution < 1.29 is 9.21 Å². The SMILES string of the molecule is O=C(CCc1ccc(-c2ccccc2)o1)Nc1cccc(-c2nnc3n2CCCCC3)c1. The number of anilines is 1. The summed E-state index contributed by atoms with van der Waals surface area (Å²) < 4.78 is 8.12. The number of aromatic nitrogens is 3. The number of fused-ring (bicyclic) bond motifs is 1. The molecule has 1 aliphatic rings.